The van der Waals surface area contributed by atoms with E-state index in [0.717, 1.165) is 0 Å². The first-order chi connectivity index (χ1) is 5.38. The van der Waals surface area contributed by atoms with E-state index in [1.165, 1.54) is 18.9 Å². The number of rotatable bonds is 0. The van der Waals surface area contributed by atoms with Gasteiger partial charge in [0.05, 0.1) is 0 Å². The van der Waals surface area contributed by atoms with E-state index in [0.29, 0.717) is 13.1 Å². The standard InChI is InChI=1S/C7H13F3N2/c1-6(7(8,9)10)5-11-3-4-12(6)2/h11H,3-5H2,1-2H3. The first kappa shape index (κ1) is 9.80. The maximum atomic E-state index is 12.5. The summed E-state index contributed by atoms with van der Waals surface area (Å²) >= 11 is 0. The Kier molecular flexibility index (Phi) is 2.35. The molecule has 2 nitrogen and oxygen atoms in total. The zero-order valence-electron chi connectivity index (χ0n) is 7.20. The molecule has 0 saturated carbocycles. The van der Waals surface area contributed by atoms with Crippen molar-refractivity contribution in [2.75, 3.05) is 26.7 Å². The largest absolute Gasteiger partial charge is 0.407 e. The fourth-order valence-electron chi connectivity index (χ4n) is 1.28. The van der Waals surface area contributed by atoms with Gasteiger partial charge in [-0.25, -0.2) is 0 Å². The van der Waals surface area contributed by atoms with Gasteiger partial charge in [0, 0.05) is 19.6 Å². The number of piperazine rings is 1. The molecule has 72 valence electrons. The minimum atomic E-state index is -4.16. The van der Waals surface area contributed by atoms with Gasteiger partial charge in [-0.1, -0.05) is 0 Å². The molecule has 5 heteroatoms. The van der Waals surface area contributed by atoms with E-state index in [1.54, 1.807) is 0 Å². The van der Waals surface area contributed by atoms with Gasteiger partial charge in [-0.05, 0) is 14.0 Å². The average Bonchev–Trinajstić information content (AvgIpc) is 1.93. The second kappa shape index (κ2) is 2.88. The summed E-state index contributed by atoms with van der Waals surface area (Å²) < 4.78 is 37.5. The lowest BCUT2D eigenvalue weighted by Gasteiger charge is -2.43. The maximum absolute atomic E-state index is 12.5. The minimum Gasteiger partial charge on any atom is -0.313 e. The van der Waals surface area contributed by atoms with Crippen molar-refractivity contribution in [2.24, 2.45) is 0 Å². The second-order valence-electron chi connectivity index (χ2n) is 3.37. The van der Waals surface area contributed by atoms with Gasteiger partial charge in [0.1, 0.15) is 5.54 Å². The lowest BCUT2D eigenvalue weighted by atomic mass is 9.97. The smallest absolute Gasteiger partial charge is 0.313 e. The third kappa shape index (κ3) is 1.43. The summed E-state index contributed by atoms with van der Waals surface area (Å²) in [6, 6.07) is 0. The quantitative estimate of drug-likeness (QED) is 0.597. The van der Waals surface area contributed by atoms with Gasteiger partial charge in [0.25, 0.3) is 0 Å². The van der Waals surface area contributed by atoms with Crippen molar-refractivity contribution >= 4 is 0 Å². The van der Waals surface area contributed by atoms with Crippen LogP contribution in [0.1, 0.15) is 6.92 Å². The number of hydrogen-bond donors (Lipinski definition) is 1. The fraction of sp³-hybridized carbons (Fsp3) is 1.00. The number of alkyl halides is 3. The third-order valence-corrected chi connectivity index (χ3v) is 2.55. The van der Waals surface area contributed by atoms with Gasteiger partial charge in [-0.3, -0.25) is 4.90 Å². The number of nitrogens with one attached hydrogen (secondary N) is 1. The molecule has 0 aromatic heterocycles. The van der Waals surface area contributed by atoms with Gasteiger partial charge in [-0.15, -0.1) is 0 Å². The molecule has 1 fully saturated rings. The van der Waals surface area contributed by atoms with E-state index in [-0.39, 0.29) is 6.54 Å². The summed E-state index contributed by atoms with van der Waals surface area (Å²) in [5.41, 5.74) is -1.70. The fourth-order valence-corrected chi connectivity index (χ4v) is 1.28. The zero-order valence-corrected chi connectivity index (χ0v) is 7.20. The van der Waals surface area contributed by atoms with Crippen LogP contribution >= 0.6 is 0 Å². The summed E-state index contributed by atoms with van der Waals surface area (Å²) in [7, 11) is 1.51. The molecular formula is C7H13F3N2. The maximum Gasteiger partial charge on any atom is 0.407 e. The predicted molar refractivity (Wildman–Crippen MR) is 40.0 cm³/mol. The highest BCUT2D eigenvalue weighted by Crippen LogP contribution is 2.34. The Morgan fingerprint density at radius 2 is 2.00 bits per heavy atom. The summed E-state index contributed by atoms with van der Waals surface area (Å²) in [5, 5.41) is 2.75. The molecule has 0 radical (unpaired) electrons. The predicted octanol–water partition coefficient (Wildman–Crippen LogP) is 0.842. The van der Waals surface area contributed by atoms with Crippen LogP contribution in [-0.4, -0.2) is 43.3 Å². The Hall–Kier alpha value is -0.290. The van der Waals surface area contributed by atoms with Crippen LogP contribution in [0.3, 0.4) is 0 Å². The molecule has 1 aliphatic heterocycles. The van der Waals surface area contributed by atoms with Gasteiger partial charge in [-0.2, -0.15) is 13.2 Å². The van der Waals surface area contributed by atoms with Gasteiger partial charge >= 0.3 is 6.18 Å². The van der Waals surface area contributed by atoms with E-state index in [9.17, 15) is 13.2 Å². The summed E-state index contributed by atoms with van der Waals surface area (Å²) in [4.78, 5) is 1.35. The molecule has 0 amide bonds. The van der Waals surface area contributed by atoms with E-state index in [1.807, 2.05) is 0 Å². The lowest BCUT2D eigenvalue weighted by Crippen LogP contribution is -2.65. The molecular weight excluding hydrogens is 169 g/mol. The number of likely N-dealkylation sites (N-methyl/N-ethyl adjacent to an activating group) is 1. The highest BCUT2D eigenvalue weighted by Gasteiger charge is 2.54. The van der Waals surface area contributed by atoms with E-state index < -0.39 is 11.7 Å². The van der Waals surface area contributed by atoms with Crippen LogP contribution in [0.4, 0.5) is 13.2 Å². The van der Waals surface area contributed by atoms with Crippen LogP contribution in [0.5, 0.6) is 0 Å². The highest BCUT2D eigenvalue weighted by molar-refractivity contribution is 4.96. The van der Waals surface area contributed by atoms with Crippen molar-refractivity contribution < 1.29 is 13.2 Å². The Bertz CT molecular complexity index is 169. The summed E-state index contributed by atoms with van der Waals surface area (Å²) in [5.74, 6) is 0. The van der Waals surface area contributed by atoms with E-state index >= 15 is 0 Å². The normalized spacial score (nSPS) is 33.8. The van der Waals surface area contributed by atoms with Crippen LogP contribution < -0.4 is 5.32 Å². The van der Waals surface area contributed by atoms with Crippen molar-refractivity contribution in [3.8, 4) is 0 Å². The van der Waals surface area contributed by atoms with Crippen molar-refractivity contribution in [1.29, 1.82) is 0 Å². The number of halogens is 3. The van der Waals surface area contributed by atoms with Crippen LogP contribution in [-0.2, 0) is 0 Å². The molecule has 1 aliphatic rings. The molecule has 12 heavy (non-hydrogen) atoms. The first-order valence-corrected chi connectivity index (χ1v) is 3.86. The zero-order chi connectivity index (χ0) is 9.41. The van der Waals surface area contributed by atoms with E-state index in [2.05, 4.69) is 5.32 Å². The van der Waals surface area contributed by atoms with Crippen molar-refractivity contribution in [3.63, 3.8) is 0 Å². The molecule has 1 saturated heterocycles. The molecule has 1 atom stereocenters. The molecule has 1 N–H and O–H groups in total. The molecule has 0 aromatic rings. The Morgan fingerprint density at radius 1 is 1.42 bits per heavy atom. The SMILES string of the molecule is CN1CCNCC1(C)C(F)(F)F. The van der Waals surface area contributed by atoms with Crippen molar-refractivity contribution in [2.45, 2.75) is 18.6 Å². The minimum absolute atomic E-state index is 0.0208. The van der Waals surface area contributed by atoms with Gasteiger partial charge in [0.2, 0.25) is 0 Å². The molecule has 0 aromatic carbocycles. The van der Waals surface area contributed by atoms with Crippen LogP contribution in [0.25, 0.3) is 0 Å². The summed E-state index contributed by atoms with van der Waals surface area (Å²) in [6.07, 6.45) is -4.16. The lowest BCUT2D eigenvalue weighted by molar-refractivity contribution is -0.225. The van der Waals surface area contributed by atoms with Crippen LogP contribution in [0.15, 0.2) is 0 Å². The van der Waals surface area contributed by atoms with Crippen molar-refractivity contribution in [3.05, 3.63) is 0 Å². The Balaban J connectivity index is 2.79. The second-order valence-corrected chi connectivity index (χ2v) is 3.37. The third-order valence-electron chi connectivity index (χ3n) is 2.55. The van der Waals surface area contributed by atoms with Gasteiger partial charge in [0.15, 0.2) is 0 Å². The molecule has 0 bridgehead atoms. The first-order valence-electron chi connectivity index (χ1n) is 3.86. The van der Waals surface area contributed by atoms with E-state index in [4.69, 9.17) is 0 Å². The van der Waals surface area contributed by atoms with Crippen LogP contribution in [0.2, 0.25) is 0 Å². The summed E-state index contributed by atoms with van der Waals surface area (Å²) in [6.45, 7) is 2.27. The number of hydrogen-bond acceptors (Lipinski definition) is 2. The monoisotopic (exact) mass is 182 g/mol. The number of nitrogens with zero attached hydrogens (tertiary/aromatic N) is 1. The average molecular weight is 182 g/mol. The molecule has 1 rings (SSSR count). The molecule has 0 aliphatic carbocycles. The molecule has 1 heterocycles. The molecule has 0 spiro atoms. The van der Waals surface area contributed by atoms with Crippen LogP contribution in [0, 0.1) is 0 Å². The highest BCUT2D eigenvalue weighted by atomic mass is 19.4. The molecule has 1 unspecified atom stereocenters. The Morgan fingerprint density at radius 3 is 2.33 bits per heavy atom. The van der Waals surface area contributed by atoms with Crippen molar-refractivity contribution in [1.82, 2.24) is 10.2 Å². The Labute approximate surface area is 69.7 Å². The van der Waals surface area contributed by atoms with Gasteiger partial charge < -0.3 is 5.32 Å². The topological polar surface area (TPSA) is 15.3 Å².